The van der Waals surface area contributed by atoms with Crippen molar-refractivity contribution in [1.29, 1.82) is 0 Å². The van der Waals surface area contributed by atoms with Crippen molar-refractivity contribution in [2.45, 2.75) is 57.1 Å². The molecule has 1 saturated carbocycles. The number of carbonyl (C=O) groups is 1. The Kier molecular flexibility index (Phi) is 16.0. The van der Waals surface area contributed by atoms with Crippen molar-refractivity contribution in [3.63, 3.8) is 0 Å². The third-order valence-corrected chi connectivity index (χ3v) is 4.22. The zero-order valence-electron chi connectivity index (χ0n) is 13.9. The van der Waals surface area contributed by atoms with Crippen LogP contribution in [0.15, 0.2) is 0 Å². The third kappa shape index (κ3) is 9.85. The molecule has 0 radical (unpaired) electrons. The van der Waals surface area contributed by atoms with E-state index in [9.17, 15) is 4.79 Å². The summed E-state index contributed by atoms with van der Waals surface area (Å²) in [5.41, 5.74) is 5.50. The number of hydrogen-bond donors (Lipinski definition) is 2. The van der Waals surface area contributed by atoms with Gasteiger partial charge in [-0.2, -0.15) is 0 Å². The minimum Gasteiger partial charge on any atom is -0.380 e. The molecular weight excluding hydrogens is 325 g/mol. The predicted molar refractivity (Wildman–Crippen MR) is 96.1 cm³/mol. The van der Waals surface area contributed by atoms with E-state index in [-0.39, 0.29) is 36.8 Å². The van der Waals surface area contributed by atoms with Crippen LogP contribution in [0, 0.1) is 0 Å². The second-order valence-corrected chi connectivity index (χ2v) is 5.77. The molecule has 1 fully saturated rings. The molecule has 1 atom stereocenters. The summed E-state index contributed by atoms with van der Waals surface area (Å²) in [7, 11) is 3.79. The van der Waals surface area contributed by atoms with Crippen LogP contribution in [-0.2, 0) is 9.53 Å². The van der Waals surface area contributed by atoms with Crippen LogP contribution in [0.1, 0.15) is 44.9 Å². The summed E-state index contributed by atoms with van der Waals surface area (Å²) in [6.07, 6.45) is 7.96. The molecule has 3 N–H and O–H groups in total. The summed E-state index contributed by atoms with van der Waals surface area (Å²) >= 11 is 0. The second kappa shape index (κ2) is 14.5. The van der Waals surface area contributed by atoms with Crippen molar-refractivity contribution in [2.75, 3.05) is 33.8 Å². The first-order chi connectivity index (χ1) is 9.67. The fourth-order valence-corrected chi connectivity index (χ4v) is 2.80. The van der Waals surface area contributed by atoms with Crippen molar-refractivity contribution in [1.82, 2.24) is 10.2 Å². The summed E-state index contributed by atoms with van der Waals surface area (Å²) in [5, 5.41) is 2.94. The quantitative estimate of drug-likeness (QED) is 0.619. The normalized spacial score (nSPS) is 16.5. The molecule has 0 heterocycles. The molecule has 1 aliphatic carbocycles. The lowest BCUT2D eigenvalue weighted by Gasteiger charge is -2.31. The van der Waals surface area contributed by atoms with E-state index in [4.69, 9.17) is 10.5 Å². The molecule has 0 aromatic carbocycles. The summed E-state index contributed by atoms with van der Waals surface area (Å²) in [4.78, 5) is 14.1. The molecule has 22 heavy (non-hydrogen) atoms. The van der Waals surface area contributed by atoms with Crippen LogP contribution >= 0.6 is 24.8 Å². The maximum absolute atomic E-state index is 11.7. The van der Waals surface area contributed by atoms with Crippen molar-refractivity contribution in [3.8, 4) is 0 Å². The zero-order valence-corrected chi connectivity index (χ0v) is 15.5. The van der Waals surface area contributed by atoms with E-state index in [2.05, 4.69) is 17.3 Å². The van der Waals surface area contributed by atoms with Gasteiger partial charge in [-0.1, -0.05) is 19.3 Å². The van der Waals surface area contributed by atoms with E-state index in [1.807, 2.05) is 0 Å². The number of amides is 1. The zero-order chi connectivity index (χ0) is 14.8. The Balaban J connectivity index is 0. The molecule has 0 aliphatic heterocycles. The minimum atomic E-state index is -0.167. The molecule has 0 saturated heterocycles. The van der Waals surface area contributed by atoms with Crippen LogP contribution in [0.4, 0.5) is 0 Å². The third-order valence-electron chi connectivity index (χ3n) is 4.22. The molecule has 1 aliphatic rings. The van der Waals surface area contributed by atoms with Gasteiger partial charge in [0, 0.05) is 26.2 Å². The van der Waals surface area contributed by atoms with Gasteiger partial charge in [-0.3, -0.25) is 4.79 Å². The van der Waals surface area contributed by atoms with Gasteiger partial charge in [0.25, 0.3) is 0 Å². The number of nitrogens with two attached hydrogens (primary N) is 1. The summed E-state index contributed by atoms with van der Waals surface area (Å²) in [6, 6.07) is 0.745. The molecule has 7 heteroatoms. The van der Waals surface area contributed by atoms with Crippen molar-refractivity contribution >= 4 is 30.7 Å². The van der Waals surface area contributed by atoms with E-state index in [0.29, 0.717) is 13.0 Å². The lowest BCUT2D eigenvalue weighted by atomic mass is 9.94. The highest BCUT2D eigenvalue weighted by atomic mass is 35.5. The number of halogens is 2. The molecule has 0 spiro atoms. The van der Waals surface area contributed by atoms with Crippen molar-refractivity contribution in [2.24, 2.45) is 5.73 Å². The highest BCUT2D eigenvalue weighted by molar-refractivity contribution is 5.85. The van der Waals surface area contributed by atoms with E-state index in [0.717, 1.165) is 25.6 Å². The van der Waals surface area contributed by atoms with Crippen LogP contribution in [-0.4, -0.2) is 56.7 Å². The number of hydrogen-bond acceptors (Lipinski definition) is 4. The SMILES string of the molecule is COC(CN)CC(=O)NCCCN(C)C1CCCCC1.Cl.Cl. The van der Waals surface area contributed by atoms with Gasteiger partial charge in [0.2, 0.25) is 5.91 Å². The monoisotopic (exact) mass is 357 g/mol. The lowest BCUT2D eigenvalue weighted by Crippen LogP contribution is -2.36. The summed E-state index contributed by atoms with van der Waals surface area (Å²) in [6.45, 7) is 2.17. The first-order valence-electron chi connectivity index (χ1n) is 7.87. The first kappa shape index (κ1) is 24.2. The van der Waals surface area contributed by atoms with Crippen molar-refractivity contribution < 1.29 is 9.53 Å². The van der Waals surface area contributed by atoms with E-state index >= 15 is 0 Å². The number of ether oxygens (including phenoxy) is 1. The number of nitrogens with zero attached hydrogens (tertiary/aromatic N) is 1. The van der Waals surface area contributed by atoms with Crippen LogP contribution in [0.25, 0.3) is 0 Å². The maximum Gasteiger partial charge on any atom is 0.222 e. The standard InChI is InChI=1S/C15H31N3O2.2ClH/c1-18(13-7-4-3-5-8-13)10-6-9-17-15(19)11-14(12-16)20-2;;/h13-14H,3-12,16H2,1-2H3,(H,17,19);2*1H. The lowest BCUT2D eigenvalue weighted by molar-refractivity contribution is -0.123. The van der Waals surface area contributed by atoms with Crippen LogP contribution < -0.4 is 11.1 Å². The van der Waals surface area contributed by atoms with Gasteiger partial charge in [0.05, 0.1) is 12.5 Å². The first-order valence-corrected chi connectivity index (χ1v) is 7.87. The van der Waals surface area contributed by atoms with Gasteiger partial charge >= 0.3 is 0 Å². The Morgan fingerprint density at radius 3 is 2.50 bits per heavy atom. The molecule has 1 rings (SSSR count). The Morgan fingerprint density at radius 1 is 1.32 bits per heavy atom. The Hall–Kier alpha value is -0.0700. The van der Waals surface area contributed by atoms with E-state index in [1.54, 1.807) is 7.11 Å². The Morgan fingerprint density at radius 2 is 1.95 bits per heavy atom. The second-order valence-electron chi connectivity index (χ2n) is 5.77. The molecule has 1 amide bonds. The minimum absolute atomic E-state index is 0. The van der Waals surface area contributed by atoms with Gasteiger partial charge < -0.3 is 20.7 Å². The Bertz CT molecular complexity index is 274. The summed E-state index contributed by atoms with van der Waals surface area (Å²) in [5.74, 6) is 0.0302. The fourth-order valence-electron chi connectivity index (χ4n) is 2.80. The van der Waals surface area contributed by atoms with Crippen LogP contribution in [0.2, 0.25) is 0 Å². The molecule has 0 bridgehead atoms. The van der Waals surface area contributed by atoms with Crippen LogP contribution in [0.5, 0.6) is 0 Å². The van der Waals surface area contributed by atoms with Gasteiger partial charge in [0.1, 0.15) is 0 Å². The summed E-state index contributed by atoms with van der Waals surface area (Å²) < 4.78 is 5.10. The van der Waals surface area contributed by atoms with E-state index < -0.39 is 0 Å². The Labute approximate surface area is 147 Å². The maximum atomic E-state index is 11.7. The topological polar surface area (TPSA) is 67.6 Å². The van der Waals surface area contributed by atoms with Gasteiger partial charge in [-0.05, 0) is 32.9 Å². The molecule has 5 nitrogen and oxygen atoms in total. The molecule has 0 aromatic rings. The molecule has 1 unspecified atom stereocenters. The average Bonchev–Trinajstić information content (AvgIpc) is 2.49. The molecular formula is C15H33Cl2N3O2. The van der Waals surface area contributed by atoms with Gasteiger partial charge in [-0.25, -0.2) is 0 Å². The number of methoxy groups -OCH3 is 1. The van der Waals surface area contributed by atoms with E-state index in [1.165, 1.54) is 32.1 Å². The number of carbonyl (C=O) groups excluding carboxylic acids is 1. The largest absolute Gasteiger partial charge is 0.380 e. The molecule has 134 valence electrons. The van der Waals surface area contributed by atoms with Crippen LogP contribution in [0.3, 0.4) is 0 Å². The predicted octanol–water partition coefficient (Wildman–Crippen LogP) is 1.96. The number of nitrogens with one attached hydrogen (secondary N) is 1. The van der Waals surface area contributed by atoms with Crippen molar-refractivity contribution in [3.05, 3.63) is 0 Å². The smallest absolute Gasteiger partial charge is 0.222 e. The highest BCUT2D eigenvalue weighted by Gasteiger charge is 2.17. The number of rotatable bonds is 9. The van der Waals surface area contributed by atoms with Gasteiger partial charge in [0.15, 0.2) is 0 Å². The molecule has 0 aromatic heterocycles. The highest BCUT2D eigenvalue weighted by Crippen LogP contribution is 2.21. The van der Waals surface area contributed by atoms with Gasteiger partial charge in [-0.15, -0.1) is 24.8 Å². The average molecular weight is 358 g/mol. The fraction of sp³-hybridized carbons (Fsp3) is 0.933.